The van der Waals surface area contributed by atoms with Crippen molar-refractivity contribution >= 4 is 28.1 Å². The molecular weight excluding hydrogens is 282 g/mol. The number of hydrogen-bond donors (Lipinski definition) is 2. The third kappa shape index (κ3) is 3.44. The van der Waals surface area contributed by atoms with Gasteiger partial charge in [-0.05, 0) is 29.1 Å². The zero-order chi connectivity index (χ0) is 13.7. The minimum absolute atomic E-state index is 0.0590. The topological polar surface area (TPSA) is 68.9 Å². The Bertz CT molecular complexity index is 589. The van der Waals surface area contributed by atoms with Gasteiger partial charge in [0.2, 0.25) is 0 Å². The molecule has 0 aliphatic rings. The SMILES string of the molecule is N#Cc1c(Cl)nsc1NCCc1ccc(CO)cc1. The average molecular weight is 294 g/mol. The van der Waals surface area contributed by atoms with E-state index < -0.39 is 0 Å². The summed E-state index contributed by atoms with van der Waals surface area (Å²) in [5.74, 6) is 0. The maximum Gasteiger partial charge on any atom is 0.162 e. The van der Waals surface area contributed by atoms with Gasteiger partial charge in [0.05, 0.1) is 6.61 Å². The summed E-state index contributed by atoms with van der Waals surface area (Å²) in [5, 5.41) is 22.0. The Morgan fingerprint density at radius 2 is 2.00 bits per heavy atom. The van der Waals surface area contributed by atoms with Gasteiger partial charge in [-0.25, -0.2) is 0 Å². The molecule has 2 aromatic rings. The first-order chi connectivity index (χ1) is 9.24. The molecule has 1 aromatic heterocycles. The molecular formula is C13H12ClN3OS. The summed E-state index contributed by atoms with van der Waals surface area (Å²) in [6, 6.07) is 9.81. The van der Waals surface area contributed by atoms with Gasteiger partial charge in [-0.3, -0.25) is 0 Å². The molecule has 0 bridgehead atoms. The van der Waals surface area contributed by atoms with Gasteiger partial charge in [0.15, 0.2) is 5.15 Å². The monoisotopic (exact) mass is 293 g/mol. The summed E-state index contributed by atoms with van der Waals surface area (Å²) in [5.41, 5.74) is 2.47. The van der Waals surface area contributed by atoms with E-state index in [1.165, 1.54) is 17.1 Å². The van der Waals surface area contributed by atoms with Crippen LogP contribution < -0.4 is 5.32 Å². The van der Waals surface area contributed by atoms with Crippen molar-refractivity contribution in [2.45, 2.75) is 13.0 Å². The van der Waals surface area contributed by atoms with Crippen LogP contribution in [0.4, 0.5) is 5.00 Å². The highest BCUT2D eigenvalue weighted by Crippen LogP contribution is 2.27. The molecule has 0 saturated heterocycles. The third-order valence-corrected chi connectivity index (χ3v) is 3.85. The molecule has 4 nitrogen and oxygen atoms in total. The van der Waals surface area contributed by atoms with Crippen molar-refractivity contribution in [2.75, 3.05) is 11.9 Å². The van der Waals surface area contributed by atoms with E-state index in [1.807, 2.05) is 30.3 Å². The Hall–Kier alpha value is -1.61. The lowest BCUT2D eigenvalue weighted by molar-refractivity contribution is 0.282. The molecule has 0 unspecified atom stereocenters. The number of nitrogens with one attached hydrogen (secondary N) is 1. The number of anilines is 1. The fourth-order valence-corrected chi connectivity index (χ4v) is 2.58. The maximum atomic E-state index is 8.95. The minimum Gasteiger partial charge on any atom is -0.392 e. The lowest BCUT2D eigenvalue weighted by atomic mass is 10.1. The summed E-state index contributed by atoms with van der Waals surface area (Å²) in [4.78, 5) is 0. The van der Waals surface area contributed by atoms with Crippen LogP contribution in [0.25, 0.3) is 0 Å². The number of benzene rings is 1. The van der Waals surface area contributed by atoms with Crippen LogP contribution in [0.3, 0.4) is 0 Å². The lowest BCUT2D eigenvalue weighted by Crippen LogP contribution is -2.04. The van der Waals surface area contributed by atoms with Gasteiger partial charge in [0.1, 0.15) is 16.6 Å². The van der Waals surface area contributed by atoms with Gasteiger partial charge in [0, 0.05) is 6.54 Å². The number of aliphatic hydroxyl groups excluding tert-OH is 1. The quantitative estimate of drug-likeness (QED) is 0.889. The van der Waals surface area contributed by atoms with E-state index in [1.54, 1.807) is 0 Å². The average Bonchev–Trinajstić information content (AvgIpc) is 2.80. The maximum absolute atomic E-state index is 8.95. The third-order valence-electron chi connectivity index (χ3n) is 2.67. The number of rotatable bonds is 5. The Kier molecular flexibility index (Phi) is 4.74. The summed E-state index contributed by atoms with van der Waals surface area (Å²) in [6.45, 7) is 0.759. The van der Waals surface area contributed by atoms with Crippen molar-refractivity contribution in [1.82, 2.24) is 4.37 Å². The molecule has 0 fully saturated rings. The minimum atomic E-state index is 0.0590. The number of nitrogens with zero attached hydrogens (tertiary/aromatic N) is 2. The second kappa shape index (κ2) is 6.53. The number of aromatic nitrogens is 1. The summed E-state index contributed by atoms with van der Waals surface area (Å²) in [6.07, 6.45) is 0.825. The van der Waals surface area contributed by atoms with Crippen LogP contribution in [0.2, 0.25) is 5.15 Å². The molecule has 1 heterocycles. The van der Waals surface area contributed by atoms with Crippen LogP contribution in [0.1, 0.15) is 16.7 Å². The number of hydrogen-bond acceptors (Lipinski definition) is 5. The van der Waals surface area contributed by atoms with Crippen LogP contribution in [-0.4, -0.2) is 16.0 Å². The van der Waals surface area contributed by atoms with E-state index in [0.29, 0.717) is 17.1 Å². The normalized spacial score (nSPS) is 10.2. The van der Waals surface area contributed by atoms with E-state index in [4.69, 9.17) is 22.0 Å². The highest BCUT2D eigenvalue weighted by Gasteiger charge is 2.10. The van der Waals surface area contributed by atoms with Crippen LogP contribution in [-0.2, 0) is 13.0 Å². The lowest BCUT2D eigenvalue weighted by Gasteiger charge is -2.04. The Morgan fingerprint density at radius 1 is 1.32 bits per heavy atom. The fourth-order valence-electron chi connectivity index (χ4n) is 1.62. The summed E-state index contributed by atoms with van der Waals surface area (Å²) >= 11 is 6.98. The molecule has 2 rings (SSSR count). The van der Waals surface area contributed by atoms with E-state index >= 15 is 0 Å². The molecule has 1 aromatic carbocycles. The highest BCUT2D eigenvalue weighted by atomic mass is 35.5. The van der Waals surface area contributed by atoms with E-state index in [9.17, 15) is 0 Å². The Balaban J connectivity index is 1.91. The second-order valence-corrected chi connectivity index (χ2v) is 5.07. The van der Waals surface area contributed by atoms with Gasteiger partial charge in [-0.2, -0.15) is 9.64 Å². The summed E-state index contributed by atoms with van der Waals surface area (Å²) < 4.78 is 3.93. The Labute approximate surface area is 120 Å². The van der Waals surface area contributed by atoms with Crippen LogP contribution >= 0.6 is 23.1 Å². The molecule has 0 amide bonds. The van der Waals surface area contributed by atoms with Gasteiger partial charge >= 0.3 is 0 Å². The highest BCUT2D eigenvalue weighted by molar-refractivity contribution is 7.10. The molecule has 0 atom stereocenters. The molecule has 0 spiro atoms. The van der Waals surface area contributed by atoms with Crippen molar-refractivity contribution in [3.05, 3.63) is 46.1 Å². The molecule has 19 heavy (non-hydrogen) atoms. The zero-order valence-corrected chi connectivity index (χ0v) is 11.6. The van der Waals surface area contributed by atoms with Crippen LogP contribution in [0.15, 0.2) is 24.3 Å². The van der Waals surface area contributed by atoms with E-state index in [-0.39, 0.29) is 11.8 Å². The first-order valence-corrected chi connectivity index (χ1v) is 6.87. The molecule has 2 N–H and O–H groups in total. The zero-order valence-electron chi connectivity index (χ0n) is 10.1. The molecule has 98 valence electrons. The predicted octanol–water partition coefficient (Wildman–Crippen LogP) is 2.82. The predicted molar refractivity (Wildman–Crippen MR) is 76.4 cm³/mol. The van der Waals surface area contributed by atoms with Gasteiger partial charge in [0.25, 0.3) is 0 Å². The van der Waals surface area contributed by atoms with Gasteiger partial charge in [-0.1, -0.05) is 35.9 Å². The molecule has 0 saturated carbocycles. The smallest absolute Gasteiger partial charge is 0.162 e. The number of nitriles is 1. The van der Waals surface area contributed by atoms with Gasteiger partial charge < -0.3 is 10.4 Å². The van der Waals surface area contributed by atoms with Crippen molar-refractivity contribution in [3.8, 4) is 6.07 Å². The molecule has 0 radical (unpaired) electrons. The number of aliphatic hydroxyl groups is 1. The first-order valence-electron chi connectivity index (χ1n) is 5.72. The van der Waals surface area contributed by atoms with E-state index in [2.05, 4.69) is 9.69 Å². The van der Waals surface area contributed by atoms with Crippen molar-refractivity contribution < 1.29 is 5.11 Å². The second-order valence-electron chi connectivity index (χ2n) is 3.94. The standard InChI is InChI=1S/C13H12ClN3OS/c14-12-11(7-15)13(19-17-12)16-6-5-9-1-3-10(8-18)4-2-9/h1-4,16,18H,5-6,8H2. The first kappa shape index (κ1) is 13.8. The van der Waals surface area contributed by atoms with Crippen LogP contribution in [0, 0.1) is 11.3 Å². The molecule has 0 aliphatic heterocycles. The molecule has 0 aliphatic carbocycles. The summed E-state index contributed by atoms with van der Waals surface area (Å²) in [7, 11) is 0. The van der Waals surface area contributed by atoms with Crippen molar-refractivity contribution in [1.29, 1.82) is 5.26 Å². The largest absolute Gasteiger partial charge is 0.392 e. The van der Waals surface area contributed by atoms with Crippen LogP contribution in [0.5, 0.6) is 0 Å². The molecule has 6 heteroatoms. The van der Waals surface area contributed by atoms with Crippen molar-refractivity contribution in [2.24, 2.45) is 0 Å². The van der Waals surface area contributed by atoms with Crippen molar-refractivity contribution in [3.63, 3.8) is 0 Å². The van der Waals surface area contributed by atoms with Gasteiger partial charge in [-0.15, -0.1) is 0 Å². The fraction of sp³-hybridized carbons (Fsp3) is 0.231. The number of halogens is 1. The Morgan fingerprint density at radius 3 is 2.63 bits per heavy atom. The van der Waals surface area contributed by atoms with E-state index in [0.717, 1.165) is 12.0 Å².